The number of methoxy groups -OCH3 is 3. The van der Waals surface area contributed by atoms with Gasteiger partial charge in [0.2, 0.25) is 11.7 Å². The Labute approximate surface area is 175 Å². The number of hydrogen-bond acceptors (Lipinski definition) is 6. The van der Waals surface area contributed by atoms with Crippen LogP contribution in [0.25, 0.3) is 17.3 Å². The highest BCUT2D eigenvalue weighted by Gasteiger charge is 2.12. The average molecular weight is 408 g/mol. The van der Waals surface area contributed by atoms with Crippen LogP contribution >= 0.6 is 0 Å². The van der Waals surface area contributed by atoms with Gasteiger partial charge in [0, 0.05) is 43.8 Å². The van der Waals surface area contributed by atoms with Crippen LogP contribution in [0.1, 0.15) is 11.1 Å². The third-order valence-corrected chi connectivity index (χ3v) is 4.49. The normalized spacial score (nSPS) is 10.8. The zero-order valence-electron chi connectivity index (χ0n) is 17.4. The number of nitrogens with one attached hydrogen (secondary N) is 1. The van der Waals surface area contributed by atoms with Gasteiger partial charge in [0.05, 0.1) is 27.0 Å². The van der Waals surface area contributed by atoms with E-state index in [9.17, 15) is 4.79 Å². The molecule has 8 nitrogen and oxygen atoms in total. The Morgan fingerprint density at radius 3 is 2.43 bits per heavy atom. The number of ether oxygens (including phenoxy) is 3. The molecule has 0 atom stereocenters. The number of carbonyl (C=O) groups excluding carboxylic acids is 1. The lowest BCUT2D eigenvalue weighted by Crippen LogP contribution is -2.20. The van der Waals surface area contributed by atoms with Crippen LogP contribution in [-0.4, -0.2) is 42.0 Å². The van der Waals surface area contributed by atoms with E-state index < -0.39 is 0 Å². The van der Waals surface area contributed by atoms with Crippen LogP contribution in [0.5, 0.6) is 17.2 Å². The molecule has 1 aromatic carbocycles. The number of benzene rings is 1. The summed E-state index contributed by atoms with van der Waals surface area (Å²) < 4.78 is 17.7. The van der Waals surface area contributed by atoms with Gasteiger partial charge in [0.15, 0.2) is 11.5 Å². The molecule has 3 aromatic rings. The van der Waals surface area contributed by atoms with Crippen LogP contribution in [0.2, 0.25) is 0 Å². The van der Waals surface area contributed by atoms with Gasteiger partial charge in [-0.15, -0.1) is 0 Å². The van der Waals surface area contributed by atoms with Crippen molar-refractivity contribution in [3.63, 3.8) is 0 Å². The predicted octanol–water partition coefficient (Wildman–Crippen LogP) is 2.84. The standard InChI is InChI=1S/C22H24N4O4/c1-26-18(7-8-25-26)17-9-16(12-23-14-17)13-24-21(27)6-5-15-10-19(28-2)22(30-4)20(11-15)29-3/h5-12,14H,13H2,1-4H3,(H,24,27)/b6-5+. The highest BCUT2D eigenvalue weighted by Crippen LogP contribution is 2.38. The summed E-state index contributed by atoms with van der Waals surface area (Å²) >= 11 is 0. The minimum Gasteiger partial charge on any atom is -0.493 e. The lowest BCUT2D eigenvalue weighted by Gasteiger charge is -2.12. The Balaban J connectivity index is 1.67. The number of carbonyl (C=O) groups is 1. The lowest BCUT2D eigenvalue weighted by molar-refractivity contribution is -0.116. The molecule has 3 rings (SSSR count). The van der Waals surface area contributed by atoms with Gasteiger partial charge in [-0.05, 0) is 41.5 Å². The summed E-state index contributed by atoms with van der Waals surface area (Å²) in [6, 6.07) is 7.44. The molecule has 2 heterocycles. The molecule has 0 saturated heterocycles. The fourth-order valence-corrected chi connectivity index (χ4v) is 3.00. The molecule has 0 aliphatic heterocycles. The summed E-state index contributed by atoms with van der Waals surface area (Å²) in [7, 11) is 6.51. The second-order valence-corrected chi connectivity index (χ2v) is 6.43. The van der Waals surface area contributed by atoms with Crippen LogP contribution in [-0.2, 0) is 18.4 Å². The zero-order valence-corrected chi connectivity index (χ0v) is 17.4. The van der Waals surface area contributed by atoms with E-state index in [1.165, 1.54) is 6.08 Å². The summed E-state index contributed by atoms with van der Waals surface area (Å²) in [6.45, 7) is 0.358. The van der Waals surface area contributed by atoms with Gasteiger partial charge in [-0.3, -0.25) is 14.5 Å². The number of nitrogens with zero attached hydrogens (tertiary/aromatic N) is 3. The molecule has 0 bridgehead atoms. The van der Waals surface area contributed by atoms with Crippen molar-refractivity contribution in [1.29, 1.82) is 0 Å². The van der Waals surface area contributed by atoms with E-state index in [2.05, 4.69) is 15.4 Å². The maximum absolute atomic E-state index is 12.3. The summed E-state index contributed by atoms with van der Waals surface area (Å²) in [4.78, 5) is 16.5. The summed E-state index contributed by atoms with van der Waals surface area (Å²) in [5.41, 5.74) is 3.54. The second kappa shape index (κ2) is 9.60. The van der Waals surface area contributed by atoms with Crippen molar-refractivity contribution in [1.82, 2.24) is 20.1 Å². The number of rotatable bonds is 8. The highest BCUT2D eigenvalue weighted by atomic mass is 16.5. The first kappa shape index (κ1) is 20.9. The van der Waals surface area contributed by atoms with Crippen molar-refractivity contribution in [2.75, 3.05) is 21.3 Å². The van der Waals surface area contributed by atoms with Gasteiger partial charge in [-0.2, -0.15) is 5.10 Å². The van der Waals surface area contributed by atoms with E-state index >= 15 is 0 Å². The first-order valence-corrected chi connectivity index (χ1v) is 9.24. The van der Waals surface area contributed by atoms with Gasteiger partial charge in [0.25, 0.3) is 0 Å². The van der Waals surface area contributed by atoms with E-state index in [0.29, 0.717) is 23.8 Å². The van der Waals surface area contributed by atoms with Crippen molar-refractivity contribution in [2.45, 2.75) is 6.54 Å². The van der Waals surface area contributed by atoms with E-state index in [1.54, 1.807) is 62.8 Å². The zero-order chi connectivity index (χ0) is 21.5. The monoisotopic (exact) mass is 408 g/mol. The van der Waals surface area contributed by atoms with E-state index in [-0.39, 0.29) is 5.91 Å². The number of aromatic nitrogens is 3. The molecule has 0 aliphatic carbocycles. The van der Waals surface area contributed by atoms with E-state index in [1.807, 2.05) is 19.2 Å². The van der Waals surface area contributed by atoms with E-state index in [4.69, 9.17) is 14.2 Å². The molecule has 0 spiro atoms. The quantitative estimate of drug-likeness (QED) is 0.577. The Morgan fingerprint density at radius 2 is 1.83 bits per heavy atom. The van der Waals surface area contributed by atoms with Crippen LogP contribution < -0.4 is 19.5 Å². The van der Waals surface area contributed by atoms with Gasteiger partial charge < -0.3 is 19.5 Å². The summed E-state index contributed by atoms with van der Waals surface area (Å²) in [5, 5.41) is 7.03. The number of aryl methyl sites for hydroxylation is 1. The van der Waals surface area contributed by atoms with Crippen LogP contribution in [0.15, 0.2) is 48.9 Å². The Morgan fingerprint density at radius 1 is 1.10 bits per heavy atom. The molecule has 0 aliphatic rings. The van der Waals surface area contributed by atoms with Crippen molar-refractivity contribution in [3.8, 4) is 28.5 Å². The van der Waals surface area contributed by atoms with E-state index in [0.717, 1.165) is 22.4 Å². The first-order chi connectivity index (χ1) is 14.5. The van der Waals surface area contributed by atoms with Gasteiger partial charge >= 0.3 is 0 Å². The SMILES string of the molecule is COc1cc(/C=C/C(=O)NCc2cncc(-c3ccnn3C)c2)cc(OC)c1OC. The molecular weight excluding hydrogens is 384 g/mol. The Hall–Kier alpha value is -3.81. The van der Waals surface area contributed by atoms with Crippen molar-refractivity contribution in [2.24, 2.45) is 7.05 Å². The van der Waals surface area contributed by atoms with Gasteiger partial charge in [-0.1, -0.05) is 0 Å². The predicted molar refractivity (Wildman–Crippen MR) is 113 cm³/mol. The smallest absolute Gasteiger partial charge is 0.244 e. The molecule has 1 amide bonds. The molecule has 0 unspecified atom stereocenters. The molecule has 0 fully saturated rings. The molecule has 0 saturated carbocycles. The molecule has 30 heavy (non-hydrogen) atoms. The van der Waals surface area contributed by atoms with Crippen molar-refractivity contribution in [3.05, 3.63) is 60.1 Å². The maximum atomic E-state index is 12.3. The largest absolute Gasteiger partial charge is 0.493 e. The third-order valence-electron chi connectivity index (χ3n) is 4.49. The molecule has 156 valence electrons. The summed E-state index contributed by atoms with van der Waals surface area (Å²) in [6.07, 6.45) is 8.37. The molecule has 2 aromatic heterocycles. The van der Waals surface area contributed by atoms with Crippen LogP contribution in [0, 0.1) is 0 Å². The van der Waals surface area contributed by atoms with Crippen molar-refractivity contribution >= 4 is 12.0 Å². The second-order valence-electron chi connectivity index (χ2n) is 6.43. The highest BCUT2D eigenvalue weighted by molar-refractivity contribution is 5.91. The summed E-state index contributed by atoms with van der Waals surface area (Å²) in [5.74, 6) is 1.32. The minimum atomic E-state index is -0.227. The molecular formula is C22H24N4O4. The molecule has 0 radical (unpaired) electrons. The minimum absolute atomic E-state index is 0.227. The molecule has 1 N–H and O–H groups in total. The van der Waals surface area contributed by atoms with Crippen LogP contribution in [0.4, 0.5) is 0 Å². The fraction of sp³-hybridized carbons (Fsp3) is 0.227. The van der Waals surface area contributed by atoms with Gasteiger partial charge in [0.1, 0.15) is 0 Å². The maximum Gasteiger partial charge on any atom is 0.244 e. The number of amides is 1. The van der Waals surface area contributed by atoms with Crippen molar-refractivity contribution < 1.29 is 19.0 Å². The fourth-order valence-electron chi connectivity index (χ4n) is 3.00. The number of pyridine rings is 1. The van der Waals surface area contributed by atoms with Crippen LogP contribution in [0.3, 0.4) is 0 Å². The number of hydrogen-bond donors (Lipinski definition) is 1. The third kappa shape index (κ3) is 4.78. The molecule has 8 heteroatoms. The Kier molecular flexibility index (Phi) is 6.69. The lowest BCUT2D eigenvalue weighted by atomic mass is 10.1. The topological polar surface area (TPSA) is 87.5 Å². The average Bonchev–Trinajstić information content (AvgIpc) is 3.21. The van der Waals surface area contributed by atoms with Gasteiger partial charge in [-0.25, -0.2) is 0 Å². The Bertz CT molecular complexity index is 1030. The first-order valence-electron chi connectivity index (χ1n) is 9.24.